The van der Waals surface area contributed by atoms with Gasteiger partial charge < -0.3 is 10.2 Å². The molecule has 0 atom stereocenters. The minimum Gasteiger partial charge on any atom is -0.481 e. The highest BCUT2D eigenvalue weighted by atomic mass is 35.5. The van der Waals surface area contributed by atoms with Crippen molar-refractivity contribution < 1.29 is 15.0 Å². The Balaban J connectivity index is 0.000000588. The van der Waals surface area contributed by atoms with Crippen molar-refractivity contribution >= 4 is 28.5 Å². The van der Waals surface area contributed by atoms with E-state index in [1.165, 1.54) is 19.3 Å². The molecule has 0 unspecified atom stereocenters. The van der Waals surface area contributed by atoms with Crippen LogP contribution in [0.5, 0.6) is 0 Å². The number of pyridine rings is 1. The van der Waals surface area contributed by atoms with Gasteiger partial charge in [0.05, 0.1) is 23.2 Å². The molecule has 0 saturated carbocycles. The van der Waals surface area contributed by atoms with Crippen LogP contribution in [0.1, 0.15) is 56.9 Å². The number of hydrogen-bond donors (Lipinski definition) is 2. The number of aliphatic hydroxyl groups is 1. The smallest absolute Gasteiger partial charge is 0.307 e. The zero-order valence-electron chi connectivity index (χ0n) is 20.6. The lowest BCUT2D eigenvalue weighted by atomic mass is 9.90. The minimum absolute atomic E-state index is 0.0186. The highest BCUT2D eigenvalue weighted by molar-refractivity contribution is 6.30. The van der Waals surface area contributed by atoms with E-state index in [4.69, 9.17) is 21.7 Å². The Morgan fingerprint density at radius 2 is 1.68 bits per heavy atom. The van der Waals surface area contributed by atoms with Gasteiger partial charge in [-0.15, -0.1) is 0 Å². The summed E-state index contributed by atoms with van der Waals surface area (Å²) in [7, 11) is 0. The van der Waals surface area contributed by atoms with Crippen LogP contribution in [0.2, 0.25) is 5.02 Å². The molecule has 4 rings (SSSR count). The van der Waals surface area contributed by atoms with Crippen LogP contribution >= 0.6 is 11.6 Å². The second-order valence-corrected chi connectivity index (χ2v) is 10.4. The molecule has 2 N–H and O–H groups in total. The SMILES string of the molecule is CC(C)(C)O.Cc1cc2nc(CN3CCCCC3)ccc2c(-c2ccc(Cl)cc2)c1CC(=O)O. The van der Waals surface area contributed by atoms with E-state index in [0.29, 0.717) is 5.02 Å². The molecule has 2 heterocycles. The van der Waals surface area contributed by atoms with Gasteiger partial charge in [0.1, 0.15) is 0 Å². The Kier molecular flexibility index (Phi) is 8.69. The van der Waals surface area contributed by atoms with Crippen molar-refractivity contribution in [3.8, 4) is 11.1 Å². The van der Waals surface area contributed by atoms with E-state index in [-0.39, 0.29) is 6.42 Å². The van der Waals surface area contributed by atoms with Gasteiger partial charge in [0.2, 0.25) is 0 Å². The number of benzene rings is 2. The number of aliphatic carboxylic acids is 1. The summed E-state index contributed by atoms with van der Waals surface area (Å²) in [6.07, 6.45) is 3.81. The lowest BCUT2D eigenvalue weighted by Crippen LogP contribution is -2.29. The van der Waals surface area contributed by atoms with Gasteiger partial charge in [-0.05, 0) is 100 Å². The molecule has 1 aromatic heterocycles. The molecule has 0 aliphatic carbocycles. The highest BCUT2D eigenvalue weighted by Gasteiger charge is 2.18. The predicted octanol–water partition coefficient (Wildman–Crippen LogP) is 6.25. The number of halogens is 1. The number of aromatic nitrogens is 1. The number of likely N-dealkylation sites (tertiary alicyclic amines) is 1. The maximum absolute atomic E-state index is 11.5. The number of carboxylic acids is 1. The Morgan fingerprint density at radius 1 is 1.06 bits per heavy atom. The van der Waals surface area contributed by atoms with Crippen LogP contribution in [-0.4, -0.2) is 44.8 Å². The lowest BCUT2D eigenvalue weighted by Gasteiger charge is -2.26. The Hall–Kier alpha value is -2.47. The van der Waals surface area contributed by atoms with E-state index in [1.54, 1.807) is 20.8 Å². The minimum atomic E-state index is -0.836. The van der Waals surface area contributed by atoms with Crippen molar-refractivity contribution in [2.24, 2.45) is 0 Å². The summed E-state index contributed by atoms with van der Waals surface area (Å²) in [5.74, 6) is -0.836. The maximum Gasteiger partial charge on any atom is 0.307 e. The maximum atomic E-state index is 11.5. The predicted molar refractivity (Wildman–Crippen MR) is 139 cm³/mol. The third kappa shape index (κ3) is 7.52. The normalized spacial score (nSPS) is 14.5. The number of carboxylic acid groups (broad SMARTS) is 1. The summed E-state index contributed by atoms with van der Waals surface area (Å²) < 4.78 is 0. The molecular weight excluding hydrogens is 448 g/mol. The molecule has 0 spiro atoms. The first-order valence-corrected chi connectivity index (χ1v) is 12.2. The number of rotatable bonds is 5. The zero-order chi connectivity index (χ0) is 24.9. The molecule has 1 fully saturated rings. The molecule has 6 heteroatoms. The van der Waals surface area contributed by atoms with E-state index in [2.05, 4.69) is 17.0 Å². The van der Waals surface area contributed by atoms with Crippen molar-refractivity contribution in [2.45, 2.75) is 65.5 Å². The standard InChI is InChI=1S/C24H25ClN2O2.C4H10O/c1-16-13-22-20(10-9-19(26-22)15-27-11-3-2-4-12-27)24(21(16)14-23(28)29)17-5-7-18(25)8-6-17;1-4(2,3)5/h5-10,13H,2-4,11-12,14-15H2,1H3,(H,28,29);5H,1-3H3. The Bertz CT molecular complexity index is 1130. The van der Waals surface area contributed by atoms with Crippen LogP contribution in [0.25, 0.3) is 22.0 Å². The van der Waals surface area contributed by atoms with Gasteiger partial charge in [0, 0.05) is 17.0 Å². The molecule has 182 valence electrons. The van der Waals surface area contributed by atoms with E-state index < -0.39 is 11.6 Å². The molecule has 0 bridgehead atoms. The van der Waals surface area contributed by atoms with Gasteiger partial charge in [-0.25, -0.2) is 0 Å². The van der Waals surface area contributed by atoms with Crippen LogP contribution in [0.15, 0.2) is 42.5 Å². The fraction of sp³-hybridized carbons (Fsp3) is 0.429. The van der Waals surface area contributed by atoms with Crippen molar-refractivity contribution in [3.63, 3.8) is 0 Å². The summed E-state index contributed by atoms with van der Waals surface area (Å²) in [6.45, 7) is 10.3. The third-order valence-electron chi connectivity index (χ3n) is 5.68. The quantitative estimate of drug-likeness (QED) is 0.449. The third-order valence-corrected chi connectivity index (χ3v) is 5.93. The summed E-state index contributed by atoms with van der Waals surface area (Å²) in [6, 6.07) is 13.8. The second-order valence-electron chi connectivity index (χ2n) is 10.0. The summed E-state index contributed by atoms with van der Waals surface area (Å²) in [4.78, 5) is 18.9. The fourth-order valence-electron chi connectivity index (χ4n) is 4.25. The fourth-order valence-corrected chi connectivity index (χ4v) is 4.38. The number of carbonyl (C=O) groups is 1. The molecule has 1 aliphatic rings. The average molecular weight is 483 g/mol. The van der Waals surface area contributed by atoms with Crippen molar-refractivity contribution in [2.75, 3.05) is 13.1 Å². The monoisotopic (exact) mass is 482 g/mol. The molecule has 5 nitrogen and oxygen atoms in total. The molecule has 1 saturated heterocycles. The van der Waals surface area contributed by atoms with Crippen LogP contribution in [0.4, 0.5) is 0 Å². The Labute approximate surface area is 207 Å². The molecule has 1 aliphatic heterocycles. The highest BCUT2D eigenvalue weighted by Crippen LogP contribution is 2.35. The number of nitrogens with zero attached hydrogens (tertiary/aromatic N) is 2. The van der Waals surface area contributed by atoms with Crippen LogP contribution in [0, 0.1) is 6.92 Å². The van der Waals surface area contributed by atoms with Gasteiger partial charge >= 0.3 is 5.97 Å². The molecule has 0 radical (unpaired) electrons. The second kappa shape index (κ2) is 11.3. The van der Waals surface area contributed by atoms with Gasteiger partial charge in [0.25, 0.3) is 0 Å². The number of piperidine rings is 1. The van der Waals surface area contributed by atoms with E-state index in [9.17, 15) is 9.90 Å². The van der Waals surface area contributed by atoms with Crippen LogP contribution < -0.4 is 0 Å². The molecule has 0 amide bonds. The van der Waals surface area contributed by atoms with Crippen LogP contribution in [0.3, 0.4) is 0 Å². The summed E-state index contributed by atoms with van der Waals surface area (Å²) in [5, 5.41) is 19.6. The van der Waals surface area contributed by atoms with Gasteiger partial charge in [-0.1, -0.05) is 36.2 Å². The van der Waals surface area contributed by atoms with Crippen molar-refractivity contribution in [3.05, 3.63) is 64.3 Å². The zero-order valence-corrected chi connectivity index (χ0v) is 21.3. The van der Waals surface area contributed by atoms with Crippen molar-refractivity contribution in [1.82, 2.24) is 9.88 Å². The molecular formula is C28H35ClN2O3. The van der Waals surface area contributed by atoms with Gasteiger partial charge in [-0.3, -0.25) is 14.7 Å². The number of aryl methyl sites for hydroxylation is 1. The average Bonchev–Trinajstić information content (AvgIpc) is 2.74. The number of fused-ring (bicyclic) bond motifs is 1. The van der Waals surface area contributed by atoms with Gasteiger partial charge in [0.15, 0.2) is 0 Å². The first-order chi connectivity index (χ1) is 16.0. The molecule has 3 aromatic rings. The van der Waals surface area contributed by atoms with Gasteiger partial charge in [-0.2, -0.15) is 0 Å². The molecule has 34 heavy (non-hydrogen) atoms. The largest absolute Gasteiger partial charge is 0.481 e. The van der Waals surface area contributed by atoms with E-state index >= 15 is 0 Å². The summed E-state index contributed by atoms with van der Waals surface area (Å²) >= 11 is 6.08. The topological polar surface area (TPSA) is 73.7 Å². The summed E-state index contributed by atoms with van der Waals surface area (Å²) in [5.41, 5.74) is 5.16. The molecule has 2 aromatic carbocycles. The lowest BCUT2D eigenvalue weighted by molar-refractivity contribution is -0.136. The first-order valence-electron chi connectivity index (χ1n) is 11.9. The van der Waals surface area contributed by atoms with Crippen LogP contribution in [-0.2, 0) is 17.8 Å². The first kappa shape index (κ1) is 26.1. The van der Waals surface area contributed by atoms with E-state index in [1.807, 2.05) is 37.3 Å². The Morgan fingerprint density at radius 3 is 2.26 bits per heavy atom. The number of hydrogen-bond acceptors (Lipinski definition) is 4. The van der Waals surface area contributed by atoms with E-state index in [0.717, 1.165) is 58.5 Å². The van der Waals surface area contributed by atoms with Crippen molar-refractivity contribution in [1.29, 1.82) is 0 Å².